The van der Waals surface area contributed by atoms with E-state index in [1.54, 1.807) is 13.2 Å². The number of rotatable bonds is 8. The summed E-state index contributed by atoms with van der Waals surface area (Å²) in [6, 6.07) is 5.63. The molecule has 1 aromatic carbocycles. The van der Waals surface area contributed by atoms with Crippen LogP contribution in [0.3, 0.4) is 0 Å². The maximum atomic E-state index is 11.9. The standard InChI is InChI=1S/C19H27NO4/c1-13(2)16-11-17-15(12-20(5-7-21)6-8-23-4)10-19(22)24-18(17)9-14(16)3/h9-11,13,21H,5-8,12H2,1-4H3. The Balaban J connectivity index is 2.47. The molecule has 1 N–H and O–H groups in total. The first-order valence-corrected chi connectivity index (χ1v) is 8.35. The molecule has 0 atom stereocenters. The Morgan fingerprint density at radius 1 is 1.25 bits per heavy atom. The van der Waals surface area contributed by atoms with E-state index in [1.165, 1.54) is 5.56 Å². The molecular formula is C19H27NO4. The molecule has 24 heavy (non-hydrogen) atoms. The zero-order valence-corrected chi connectivity index (χ0v) is 15.0. The number of aryl methyl sites for hydroxylation is 1. The van der Waals surface area contributed by atoms with Crippen LogP contribution in [0.15, 0.2) is 27.4 Å². The minimum Gasteiger partial charge on any atom is -0.423 e. The van der Waals surface area contributed by atoms with Gasteiger partial charge in [-0.25, -0.2) is 4.79 Å². The molecular weight excluding hydrogens is 306 g/mol. The number of aliphatic hydroxyl groups excluding tert-OH is 1. The Morgan fingerprint density at radius 3 is 2.62 bits per heavy atom. The third-order valence-electron chi connectivity index (χ3n) is 4.26. The van der Waals surface area contributed by atoms with Gasteiger partial charge in [-0.05, 0) is 41.7 Å². The minimum absolute atomic E-state index is 0.0689. The molecule has 0 amide bonds. The average Bonchev–Trinajstić information content (AvgIpc) is 2.51. The number of fused-ring (bicyclic) bond motifs is 1. The van der Waals surface area contributed by atoms with Gasteiger partial charge in [0, 0.05) is 38.2 Å². The lowest BCUT2D eigenvalue weighted by molar-refractivity contribution is 0.127. The molecule has 2 aromatic rings. The molecule has 0 saturated carbocycles. The molecule has 1 aromatic heterocycles. The molecule has 0 fully saturated rings. The van der Waals surface area contributed by atoms with Gasteiger partial charge in [-0.2, -0.15) is 0 Å². The highest BCUT2D eigenvalue weighted by Crippen LogP contribution is 2.27. The molecule has 1 heterocycles. The zero-order valence-electron chi connectivity index (χ0n) is 15.0. The Kier molecular flexibility index (Phi) is 6.54. The minimum atomic E-state index is -0.343. The van der Waals surface area contributed by atoms with E-state index < -0.39 is 0 Å². The van der Waals surface area contributed by atoms with Crippen molar-refractivity contribution in [2.24, 2.45) is 0 Å². The topological polar surface area (TPSA) is 62.9 Å². The highest BCUT2D eigenvalue weighted by molar-refractivity contribution is 5.82. The lowest BCUT2D eigenvalue weighted by Gasteiger charge is -2.22. The van der Waals surface area contributed by atoms with Crippen molar-refractivity contribution in [1.29, 1.82) is 0 Å². The van der Waals surface area contributed by atoms with Crippen LogP contribution in [0.4, 0.5) is 0 Å². The SMILES string of the molecule is COCCN(CCO)Cc1cc(=O)oc2cc(C)c(C(C)C)cc12. The van der Waals surface area contributed by atoms with Gasteiger partial charge in [0.1, 0.15) is 5.58 Å². The van der Waals surface area contributed by atoms with Crippen molar-refractivity contribution in [3.8, 4) is 0 Å². The second kappa shape index (κ2) is 8.42. The molecule has 0 unspecified atom stereocenters. The summed E-state index contributed by atoms with van der Waals surface area (Å²) in [7, 11) is 1.65. The second-order valence-corrected chi connectivity index (χ2v) is 6.44. The van der Waals surface area contributed by atoms with Crippen molar-refractivity contribution in [2.75, 3.05) is 33.4 Å². The molecule has 0 bridgehead atoms. The number of hydrogen-bond donors (Lipinski definition) is 1. The van der Waals surface area contributed by atoms with E-state index in [0.717, 1.165) is 16.5 Å². The van der Waals surface area contributed by atoms with E-state index in [-0.39, 0.29) is 12.2 Å². The number of methoxy groups -OCH3 is 1. The van der Waals surface area contributed by atoms with Crippen molar-refractivity contribution in [1.82, 2.24) is 4.90 Å². The quantitative estimate of drug-likeness (QED) is 0.753. The number of ether oxygens (including phenoxy) is 1. The van der Waals surface area contributed by atoms with Crippen molar-refractivity contribution >= 4 is 11.0 Å². The third-order valence-corrected chi connectivity index (χ3v) is 4.26. The van der Waals surface area contributed by atoms with Gasteiger partial charge < -0.3 is 14.3 Å². The summed E-state index contributed by atoms with van der Waals surface area (Å²) in [6.07, 6.45) is 0. The zero-order chi connectivity index (χ0) is 17.7. The lowest BCUT2D eigenvalue weighted by atomic mass is 9.95. The fourth-order valence-electron chi connectivity index (χ4n) is 3.02. The van der Waals surface area contributed by atoms with Crippen molar-refractivity contribution in [3.05, 3.63) is 45.3 Å². The third kappa shape index (κ3) is 4.44. The smallest absolute Gasteiger partial charge is 0.336 e. The van der Waals surface area contributed by atoms with E-state index in [4.69, 9.17) is 9.15 Å². The monoisotopic (exact) mass is 333 g/mol. The van der Waals surface area contributed by atoms with Gasteiger partial charge in [-0.3, -0.25) is 4.90 Å². The largest absolute Gasteiger partial charge is 0.423 e. The van der Waals surface area contributed by atoms with Gasteiger partial charge in [-0.15, -0.1) is 0 Å². The molecule has 0 aliphatic rings. The van der Waals surface area contributed by atoms with Crippen molar-refractivity contribution in [2.45, 2.75) is 33.2 Å². The molecule has 5 nitrogen and oxygen atoms in total. The van der Waals surface area contributed by atoms with E-state index in [2.05, 4.69) is 24.8 Å². The summed E-state index contributed by atoms with van der Waals surface area (Å²) in [4.78, 5) is 14.0. The maximum Gasteiger partial charge on any atom is 0.336 e. The fraction of sp³-hybridized carbons (Fsp3) is 0.526. The predicted molar refractivity (Wildman–Crippen MR) is 95.5 cm³/mol. The van der Waals surface area contributed by atoms with E-state index in [0.29, 0.717) is 37.7 Å². The van der Waals surface area contributed by atoms with E-state index in [1.807, 2.05) is 13.0 Å². The first-order valence-electron chi connectivity index (χ1n) is 8.35. The van der Waals surface area contributed by atoms with Crippen LogP contribution in [0.1, 0.15) is 36.5 Å². The van der Waals surface area contributed by atoms with Crippen LogP contribution in [-0.2, 0) is 11.3 Å². The summed E-state index contributed by atoms with van der Waals surface area (Å²) < 4.78 is 10.5. The Bertz CT molecular complexity index is 736. The number of nitrogens with zero attached hydrogens (tertiary/aromatic N) is 1. The number of benzene rings is 1. The summed E-state index contributed by atoms with van der Waals surface area (Å²) in [5, 5.41) is 10.2. The highest BCUT2D eigenvalue weighted by Gasteiger charge is 2.14. The fourth-order valence-corrected chi connectivity index (χ4v) is 3.02. The summed E-state index contributed by atoms with van der Waals surface area (Å²) in [5.74, 6) is 0.399. The average molecular weight is 333 g/mol. The van der Waals surface area contributed by atoms with Gasteiger partial charge in [0.2, 0.25) is 0 Å². The van der Waals surface area contributed by atoms with Crippen molar-refractivity contribution < 1.29 is 14.3 Å². The molecule has 0 spiro atoms. The Morgan fingerprint density at radius 2 is 2.00 bits per heavy atom. The molecule has 132 valence electrons. The molecule has 5 heteroatoms. The molecule has 0 radical (unpaired) electrons. The van der Waals surface area contributed by atoms with Crippen LogP contribution in [0.2, 0.25) is 0 Å². The first-order chi connectivity index (χ1) is 11.5. The Hall–Kier alpha value is -1.69. The molecule has 0 aliphatic carbocycles. The van der Waals surface area contributed by atoms with Gasteiger partial charge in [0.05, 0.1) is 13.2 Å². The molecule has 0 saturated heterocycles. The summed E-state index contributed by atoms with van der Waals surface area (Å²) in [6.45, 7) is 8.81. The van der Waals surface area contributed by atoms with Crippen LogP contribution in [0.25, 0.3) is 11.0 Å². The van der Waals surface area contributed by atoms with Crippen LogP contribution in [0.5, 0.6) is 0 Å². The van der Waals surface area contributed by atoms with Crippen LogP contribution in [0, 0.1) is 6.92 Å². The lowest BCUT2D eigenvalue weighted by Crippen LogP contribution is -2.30. The van der Waals surface area contributed by atoms with E-state index >= 15 is 0 Å². The second-order valence-electron chi connectivity index (χ2n) is 6.44. The van der Waals surface area contributed by atoms with Gasteiger partial charge in [0.25, 0.3) is 0 Å². The normalized spacial score (nSPS) is 11.8. The first kappa shape index (κ1) is 18.6. The number of aliphatic hydroxyl groups is 1. The maximum absolute atomic E-state index is 11.9. The van der Waals surface area contributed by atoms with Gasteiger partial charge in [0.15, 0.2) is 0 Å². The van der Waals surface area contributed by atoms with Crippen LogP contribution < -0.4 is 5.63 Å². The van der Waals surface area contributed by atoms with Crippen LogP contribution >= 0.6 is 0 Å². The van der Waals surface area contributed by atoms with Gasteiger partial charge in [-0.1, -0.05) is 13.8 Å². The summed E-state index contributed by atoms with van der Waals surface area (Å²) in [5.41, 5.74) is 3.58. The molecule has 0 aliphatic heterocycles. The molecule has 2 rings (SSSR count). The van der Waals surface area contributed by atoms with E-state index in [9.17, 15) is 9.90 Å². The highest BCUT2D eigenvalue weighted by atomic mass is 16.5. The predicted octanol–water partition coefficient (Wildman–Crippen LogP) is 2.67. The van der Waals surface area contributed by atoms with Crippen LogP contribution in [-0.4, -0.2) is 43.4 Å². The Labute approximate surface area is 142 Å². The summed E-state index contributed by atoms with van der Waals surface area (Å²) >= 11 is 0. The van der Waals surface area contributed by atoms with Crippen molar-refractivity contribution in [3.63, 3.8) is 0 Å². The van der Waals surface area contributed by atoms with Gasteiger partial charge >= 0.3 is 5.63 Å². The number of hydrogen-bond acceptors (Lipinski definition) is 5.